The Bertz CT molecular complexity index is 2540. The van der Waals surface area contributed by atoms with Crippen LogP contribution in [0.3, 0.4) is 0 Å². The maximum absolute atomic E-state index is 13.7. The van der Waals surface area contributed by atoms with Crippen LogP contribution in [0.2, 0.25) is 0 Å². The van der Waals surface area contributed by atoms with E-state index in [0.29, 0.717) is 72.8 Å². The molecule has 0 saturated carbocycles. The summed E-state index contributed by atoms with van der Waals surface area (Å²) < 4.78 is 11.8. The molecule has 0 aliphatic carbocycles. The average molecular weight is 880 g/mol. The summed E-state index contributed by atoms with van der Waals surface area (Å²) in [7, 11) is 0. The molecule has 1 saturated heterocycles. The molecule has 0 spiro atoms. The fraction of sp³-hybridized carbons (Fsp3) is 0.308. The van der Waals surface area contributed by atoms with Crippen LogP contribution >= 0.6 is 0 Å². The Hall–Kier alpha value is -6.80. The van der Waals surface area contributed by atoms with E-state index in [4.69, 9.17) is 9.47 Å². The van der Waals surface area contributed by atoms with Gasteiger partial charge in [-0.3, -0.25) is 24.1 Å². The predicted octanol–water partition coefficient (Wildman–Crippen LogP) is 6.00. The van der Waals surface area contributed by atoms with Gasteiger partial charge in [-0.05, 0) is 115 Å². The lowest BCUT2D eigenvalue weighted by Crippen LogP contribution is -2.35. The van der Waals surface area contributed by atoms with Gasteiger partial charge in [0.1, 0.15) is 17.4 Å². The predicted molar refractivity (Wildman–Crippen MR) is 250 cm³/mol. The first kappa shape index (κ1) is 46.2. The molecule has 2 amide bonds. The summed E-state index contributed by atoms with van der Waals surface area (Å²) in [5.41, 5.74) is 4.92. The second-order valence-corrected chi connectivity index (χ2v) is 16.5. The average Bonchev–Trinajstić information content (AvgIpc) is 3.33. The van der Waals surface area contributed by atoms with Crippen molar-refractivity contribution in [2.75, 3.05) is 52.5 Å². The standard InChI is InChI=1S/C52H57N5O8/c58-45-21-19-43(44-20-22-47(60)56-50(44)45)46(59)32-53-28-23-36-15-17-40(18-16-36)51(62)55-27-8-26-54-48(61)35-64-42-14-7-13-41(31-42)49(39-11-5-2-6-12-39)52(63)65-34-38-24-29-57(30-25-38)33-37-9-3-1-4-10-37/h1-7,9-22,31,38,46,49,53,58-59H,8,23-30,32-35H2,(H,54,61)(H,55,62)(H,56,60)/t46-,49?/m0/s1. The van der Waals surface area contributed by atoms with Crippen molar-refractivity contribution in [3.8, 4) is 11.5 Å². The quantitative estimate of drug-likeness (QED) is 0.0371. The van der Waals surface area contributed by atoms with Crippen molar-refractivity contribution in [1.29, 1.82) is 0 Å². The van der Waals surface area contributed by atoms with E-state index in [1.807, 2.05) is 60.7 Å². The number of nitrogens with zero attached hydrogens (tertiary/aromatic N) is 1. The van der Waals surface area contributed by atoms with Crippen LogP contribution in [0.4, 0.5) is 0 Å². The van der Waals surface area contributed by atoms with Crippen molar-refractivity contribution in [2.24, 2.45) is 5.92 Å². The van der Waals surface area contributed by atoms with Crippen LogP contribution < -0.4 is 26.2 Å². The van der Waals surface area contributed by atoms with Gasteiger partial charge < -0.3 is 40.6 Å². The van der Waals surface area contributed by atoms with E-state index in [1.54, 1.807) is 36.4 Å². The molecule has 1 aliphatic rings. The maximum Gasteiger partial charge on any atom is 0.317 e. The number of hydrogen-bond donors (Lipinski definition) is 6. The smallest absolute Gasteiger partial charge is 0.317 e. The normalized spacial score (nSPS) is 14.0. The molecule has 7 rings (SSSR count). The molecule has 65 heavy (non-hydrogen) atoms. The van der Waals surface area contributed by atoms with E-state index in [2.05, 4.69) is 50.1 Å². The van der Waals surface area contributed by atoms with Gasteiger partial charge in [-0.25, -0.2) is 0 Å². The van der Waals surface area contributed by atoms with Gasteiger partial charge in [0, 0.05) is 43.2 Å². The third kappa shape index (κ3) is 13.4. The van der Waals surface area contributed by atoms with Gasteiger partial charge in [0.05, 0.1) is 18.2 Å². The lowest BCUT2D eigenvalue weighted by atomic mass is 9.91. The number of aromatic nitrogens is 1. The molecule has 1 unspecified atom stereocenters. The number of aromatic amines is 1. The van der Waals surface area contributed by atoms with Gasteiger partial charge in [0.25, 0.3) is 11.8 Å². The van der Waals surface area contributed by atoms with E-state index in [1.165, 1.54) is 17.7 Å². The number of benzene rings is 5. The number of amides is 2. The van der Waals surface area contributed by atoms with Crippen LogP contribution in [0.15, 0.2) is 138 Å². The fourth-order valence-electron chi connectivity index (χ4n) is 8.10. The zero-order valence-corrected chi connectivity index (χ0v) is 36.4. The minimum absolute atomic E-state index is 0.0585. The SMILES string of the molecule is O=C(COc1cccc(C(C(=O)OCC2CCN(Cc3ccccc3)CC2)c2ccccc2)c1)NCCCNC(=O)c1ccc(CCNC[C@H](O)c2ccc(O)c3[nH]c(=O)ccc23)cc1. The molecule has 1 fully saturated rings. The van der Waals surface area contributed by atoms with Crippen molar-refractivity contribution < 1.29 is 34.1 Å². The highest BCUT2D eigenvalue weighted by atomic mass is 16.5. The lowest BCUT2D eigenvalue weighted by Gasteiger charge is -2.32. The number of aliphatic hydroxyl groups excluding tert-OH is 1. The number of piperidine rings is 1. The Balaban J connectivity index is 0.788. The first-order chi connectivity index (χ1) is 31.7. The number of aromatic hydroxyl groups is 1. The molecule has 13 nitrogen and oxygen atoms in total. The summed E-state index contributed by atoms with van der Waals surface area (Å²) in [5.74, 6) is -0.774. The number of nitrogens with one attached hydrogen (secondary N) is 4. The molecule has 6 N–H and O–H groups in total. The Morgan fingerprint density at radius 3 is 2.26 bits per heavy atom. The van der Waals surface area contributed by atoms with E-state index in [-0.39, 0.29) is 47.8 Å². The van der Waals surface area contributed by atoms with Crippen LogP contribution in [0.1, 0.15) is 69.5 Å². The topological polar surface area (TPSA) is 182 Å². The number of ether oxygens (including phenoxy) is 2. The van der Waals surface area contributed by atoms with Crippen LogP contribution in [-0.2, 0) is 27.3 Å². The molecule has 13 heteroatoms. The number of rotatable bonds is 21. The molecule has 6 aromatic rings. The van der Waals surface area contributed by atoms with Crippen molar-refractivity contribution in [1.82, 2.24) is 25.8 Å². The second-order valence-electron chi connectivity index (χ2n) is 16.5. The van der Waals surface area contributed by atoms with Gasteiger partial charge >= 0.3 is 5.97 Å². The third-order valence-electron chi connectivity index (χ3n) is 11.7. The van der Waals surface area contributed by atoms with Gasteiger partial charge in [-0.1, -0.05) is 91.0 Å². The van der Waals surface area contributed by atoms with Crippen LogP contribution in [-0.4, -0.2) is 90.4 Å². The van der Waals surface area contributed by atoms with E-state index in [0.717, 1.165) is 43.6 Å². The lowest BCUT2D eigenvalue weighted by molar-refractivity contribution is -0.146. The number of likely N-dealkylation sites (tertiary alicyclic amines) is 1. The minimum Gasteiger partial charge on any atom is -0.506 e. The van der Waals surface area contributed by atoms with Crippen molar-refractivity contribution >= 4 is 28.7 Å². The Kier molecular flexibility index (Phi) is 16.5. The highest BCUT2D eigenvalue weighted by Gasteiger charge is 2.27. The largest absolute Gasteiger partial charge is 0.506 e. The van der Waals surface area contributed by atoms with Gasteiger partial charge in [-0.15, -0.1) is 0 Å². The number of hydrogen-bond acceptors (Lipinski definition) is 10. The summed E-state index contributed by atoms with van der Waals surface area (Å²) in [6, 6.07) is 40.6. The summed E-state index contributed by atoms with van der Waals surface area (Å²) >= 11 is 0. The molecule has 2 atom stereocenters. The molecule has 0 bridgehead atoms. The van der Waals surface area contributed by atoms with Gasteiger partial charge in [0.2, 0.25) is 5.56 Å². The zero-order chi connectivity index (χ0) is 45.4. The van der Waals surface area contributed by atoms with Gasteiger partial charge in [-0.2, -0.15) is 0 Å². The number of carbonyl (C=O) groups is 3. The Morgan fingerprint density at radius 2 is 1.49 bits per heavy atom. The van der Waals surface area contributed by atoms with E-state index in [9.17, 15) is 29.4 Å². The number of pyridine rings is 1. The van der Waals surface area contributed by atoms with Crippen molar-refractivity contribution in [3.63, 3.8) is 0 Å². The number of esters is 1. The third-order valence-corrected chi connectivity index (χ3v) is 11.7. The first-order valence-electron chi connectivity index (χ1n) is 22.3. The molecular formula is C52H57N5O8. The van der Waals surface area contributed by atoms with Gasteiger partial charge in [0.15, 0.2) is 6.61 Å². The summed E-state index contributed by atoms with van der Waals surface area (Å²) in [4.78, 5) is 55.9. The number of fused-ring (bicyclic) bond motifs is 1. The molecule has 5 aromatic carbocycles. The maximum atomic E-state index is 13.7. The monoisotopic (exact) mass is 879 g/mol. The number of H-pyrrole nitrogens is 1. The first-order valence-corrected chi connectivity index (χ1v) is 22.3. The Labute approximate surface area is 378 Å². The van der Waals surface area contributed by atoms with Crippen LogP contribution in [0.5, 0.6) is 11.5 Å². The van der Waals surface area contributed by atoms with E-state index < -0.39 is 12.0 Å². The Morgan fingerprint density at radius 1 is 0.769 bits per heavy atom. The molecule has 1 aromatic heterocycles. The second kappa shape index (κ2) is 23.2. The van der Waals surface area contributed by atoms with E-state index >= 15 is 0 Å². The van der Waals surface area contributed by atoms with Crippen molar-refractivity contribution in [3.05, 3.63) is 177 Å². The summed E-state index contributed by atoms with van der Waals surface area (Å²) in [6.45, 7) is 4.59. The highest BCUT2D eigenvalue weighted by Crippen LogP contribution is 2.31. The minimum atomic E-state index is -0.853. The molecule has 338 valence electrons. The molecule has 2 heterocycles. The molecular weight excluding hydrogens is 823 g/mol. The summed E-state index contributed by atoms with van der Waals surface area (Å²) in [5, 5.41) is 30.4. The zero-order valence-electron chi connectivity index (χ0n) is 36.4. The highest BCUT2D eigenvalue weighted by molar-refractivity contribution is 5.94. The number of carbonyl (C=O) groups excluding carboxylic acids is 3. The van der Waals surface area contributed by atoms with Crippen LogP contribution in [0, 0.1) is 5.92 Å². The number of phenols is 1. The number of phenolic OH excluding ortho intramolecular Hbond substituents is 1. The van der Waals surface area contributed by atoms with Crippen molar-refractivity contribution in [2.45, 2.75) is 44.2 Å². The molecule has 1 aliphatic heterocycles. The molecule has 0 radical (unpaired) electrons. The number of aliphatic hydroxyl groups is 1. The fourth-order valence-corrected chi connectivity index (χ4v) is 8.10. The summed E-state index contributed by atoms with van der Waals surface area (Å²) in [6.07, 6.45) is 2.28. The van der Waals surface area contributed by atoms with Crippen LogP contribution in [0.25, 0.3) is 10.9 Å².